The van der Waals surface area contributed by atoms with Crippen LogP contribution in [0.15, 0.2) is 24.3 Å². The van der Waals surface area contributed by atoms with Crippen LogP contribution >= 0.6 is 11.6 Å². The van der Waals surface area contributed by atoms with Gasteiger partial charge >= 0.3 is 0 Å². The monoisotopic (exact) mass is 304 g/mol. The van der Waals surface area contributed by atoms with Crippen LogP contribution in [0.25, 0.3) is 0 Å². The second-order valence-electron chi connectivity index (χ2n) is 5.19. The maximum absolute atomic E-state index is 6.22. The zero-order valence-electron chi connectivity index (χ0n) is 12.9. The minimum atomic E-state index is 0.512. The zero-order chi connectivity index (χ0) is 15.4. The van der Waals surface area contributed by atoms with Gasteiger partial charge in [0.25, 0.3) is 0 Å². The first-order valence-electron chi connectivity index (χ1n) is 7.09. The van der Waals surface area contributed by atoms with Gasteiger partial charge in [0, 0.05) is 26.1 Å². The number of anilines is 3. The van der Waals surface area contributed by atoms with Gasteiger partial charge in [-0.3, -0.25) is 0 Å². The van der Waals surface area contributed by atoms with E-state index in [4.69, 9.17) is 11.6 Å². The van der Waals surface area contributed by atoms with Crippen molar-refractivity contribution >= 4 is 28.8 Å². The van der Waals surface area contributed by atoms with E-state index >= 15 is 0 Å². The van der Waals surface area contributed by atoms with E-state index in [1.165, 1.54) is 0 Å². The molecule has 112 valence electrons. The molecule has 2 rings (SSSR count). The average Bonchev–Trinajstić information content (AvgIpc) is 2.45. The zero-order valence-corrected chi connectivity index (χ0v) is 13.7. The smallest absolute Gasteiger partial charge is 0.138 e. The summed E-state index contributed by atoms with van der Waals surface area (Å²) in [5, 5.41) is 3.90. The van der Waals surface area contributed by atoms with Crippen molar-refractivity contribution in [2.75, 3.05) is 24.3 Å². The predicted molar refractivity (Wildman–Crippen MR) is 89.8 cm³/mol. The number of hydrogen-bond donors (Lipinski definition) is 1. The van der Waals surface area contributed by atoms with E-state index in [1.807, 2.05) is 39.2 Å². The molecule has 0 saturated heterocycles. The molecule has 0 bridgehead atoms. The van der Waals surface area contributed by atoms with Crippen LogP contribution in [-0.2, 0) is 6.42 Å². The molecule has 0 aliphatic rings. The van der Waals surface area contributed by atoms with Crippen molar-refractivity contribution in [1.29, 1.82) is 0 Å². The number of benzene rings is 1. The standard InChI is InChI=1S/C16H21ClN4/c1-5-8-14-19-15(17)11(2)16(20-14)18-12-9-6-7-10-13(12)21(3)4/h6-7,9-10H,5,8H2,1-4H3,(H,18,19,20). The lowest BCUT2D eigenvalue weighted by molar-refractivity contribution is 0.833. The summed E-state index contributed by atoms with van der Waals surface area (Å²) in [6, 6.07) is 8.11. The molecular weight excluding hydrogens is 284 g/mol. The Bertz CT molecular complexity index is 626. The van der Waals surface area contributed by atoms with Gasteiger partial charge in [0.15, 0.2) is 0 Å². The minimum absolute atomic E-state index is 0.512. The van der Waals surface area contributed by atoms with E-state index in [2.05, 4.69) is 33.2 Å². The molecule has 0 spiro atoms. The van der Waals surface area contributed by atoms with E-state index in [0.717, 1.165) is 41.4 Å². The number of aryl methyl sites for hydroxylation is 1. The van der Waals surface area contributed by atoms with Crippen molar-refractivity contribution in [2.45, 2.75) is 26.7 Å². The lowest BCUT2D eigenvalue weighted by atomic mass is 10.2. The molecule has 0 fully saturated rings. The summed E-state index contributed by atoms with van der Waals surface area (Å²) in [6.45, 7) is 4.03. The van der Waals surface area contributed by atoms with Crippen LogP contribution < -0.4 is 10.2 Å². The maximum atomic E-state index is 6.22. The van der Waals surface area contributed by atoms with Gasteiger partial charge in [0.2, 0.25) is 0 Å². The van der Waals surface area contributed by atoms with Crippen LogP contribution in [0, 0.1) is 6.92 Å². The molecular formula is C16H21ClN4. The highest BCUT2D eigenvalue weighted by Gasteiger charge is 2.11. The molecule has 0 unspecified atom stereocenters. The summed E-state index contributed by atoms with van der Waals surface area (Å²) >= 11 is 6.22. The highest BCUT2D eigenvalue weighted by molar-refractivity contribution is 6.30. The lowest BCUT2D eigenvalue weighted by Gasteiger charge is -2.19. The Kier molecular flexibility index (Phi) is 5.02. The van der Waals surface area contributed by atoms with Crippen LogP contribution in [0.2, 0.25) is 5.15 Å². The van der Waals surface area contributed by atoms with Gasteiger partial charge in [-0.25, -0.2) is 9.97 Å². The molecule has 1 heterocycles. The summed E-state index contributed by atoms with van der Waals surface area (Å²) < 4.78 is 0. The Hall–Kier alpha value is -1.81. The van der Waals surface area contributed by atoms with Crippen molar-refractivity contribution in [2.24, 2.45) is 0 Å². The molecule has 1 N–H and O–H groups in total. The Morgan fingerprint density at radius 3 is 2.57 bits per heavy atom. The molecule has 5 heteroatoms. The molecule has 1 aromatic carbocycles. The van der Waals surface area contributed by atoms with Gasteiger partial charge in [-0.05, 0) is 25.5 Å². The number of rotatable bonds is 5. The van der Waals surface area contributed by atoms with Crippen LogP contribution in [0.3, 0.4) is 0 Å². The average molecular weight is 305 g/mol. The van der Waals surface area contributed by atoms with Crippen molar-refractivity contribution in [3.8, 4) is 0 Å². The molecule has 0 radical (unpaired) electrons. The summed E-state index contributed by atoms with van der Waals surface area (Å²) in [6.07, 6.45) is 1.82. The Balaban J connectivity index is 2.39. The number of hydrogen-bond acceptors (Lipinski definition) is 4. The van der Waals surface area contributed by atoms with Crippen molar-refractivity contribution in [1.82, 2.24) is 9.97 Å². The first-order chi connectivity index (χ1) is 10.0. The Labute approximate surface area is 131 Å². The number of para-hydroxylation sites is 2. The van der Waals surface area contributed by atoms with Gasteiger partial charge in [0.05, 0.1) is 11.4 Å². The second-order valence-corrected chi connectivity index (χ2v) is 5.55. The van der Waals surface area contributed by atoms with Gasteiger partial charge < -0.3 is 10.2 Å². The third kappa shape index (κ3) is 3.64. The van der Waals surface area contributed by atoms with E-state index < -0.39 is 0 Å². The highest BCUT2D eigenvalue weighted by Crippen LogP contribution is 2.29. The van der Waals surface area contributed by atoms with Crippen LogP contribution in [0.5, 0.6) is 0 Å². The fourth-order valence-electron chi connectivity index (χ4n) is 2.09. The third-order valence-corrected chi connectivity index (χ3v) is 3.61. The highest BCUT2D eigenvalue weighted by atomic mass is 35.5. The molecule has 0 saturated carbocycles. The van der Waals surface area contributed by atoms with Gasteiger partial charge in [-0.2, -0.15) is 0 Å². The summed E-state index contributed by atoms with van der Waals surface area (Å²) in [5.41, 5.74) is 2.97. The molecule has 4 nitrogen and oxygen atoms in total. The van der Waals surface area contributed by atoms with Crippen molar-refractivity contribution in [3.63, 3.8) is 0 Å². The van der Waals surface area contributed by atoms with E-state index in [-0.39, 0.29) is 0 Å². The normalized spacial score (nSPS) is 10.5. The van der Waals surface area contributed by atoms with Gasteiger partial charge in [-0.15, -0.1) is 0 Å². The molecule has 0 aliphatic carbocycles. The summed E-state index contributed by atoms with van der Waals surface area (Å²) in [5.74, 6) is 1.55. The van der Waals surface area contributed by atoms with E-state index in [9.17, 15) is 0 Å². The number of aromatic nitrogens is 2. The topological polar surface area (TPSA) is 41.1 Å². The Morgan fingerprint density at radius 2 is 1.90 bits per heavy atom. The maximum Gasteiger partial charge on any atom is 0.138 e. The van der Waals surface area contributed by atoms with Crippen LogP contribution in [0.4, 0.5) is 17.2 Å². The van der Waals surface area contributed by atoms with E-state index in [1.54, 1.807) is 0 Å². The first-order valence-corrected chi connectivity index (χ1v) is 7.47. The van der Waals surface area contributed by atoms with Crippen LogP contribution in [-0.4, -0.2) is 24.1 Å². The fourth-order valence-corrected chi connectivity index (χ4v) is 2.27. The van der Waals surface area contributed by atoms with Crippen LogP contribution in [0.1, 0.15) is 24.7 Å². The molecule has 2 aromatic rings. The third-order valence-electron chi connectivity index (χ3n) is 3.25. The summed E-state index contributed by atoms with van der Waals surface area (Å²) in [7, 11) is 4.03. The molecule has 0 atom stereocenters. The lowest BCUT2D eigenvalue weighted by Crippen LogP contribution is -2.12. The largest absolute Gasteiger partial charge is 0.376 e. The SMILES string of the molecule is CCCc1nc(Cl)c(C)c(Nc2ccccc2N(C)C)n1. The second kappa shape index (κ2) is 6.76. The van der Waals surface area contributed by atoms with E-state index in [0.29, 0.717) is 5.15 Å². The number of nitrogens with zero attached hydrogens (tertiary/aromatic N) is 3. The summed E-state index contributed by atoms with van der Waals surface area (Å²) in [4.78, 5) is 11.0. The van der Waals surface area contributed by atoms with Gasteiger partial charge in [0.1, 0.15) is 16.8 Å². The van der Waals surface area contributed by atoms with Gasteiger partial charge in [-0.1, -0.05) is 30.7 Å². The first kappa shape index (κ1) is 15.6. The minimum Gasteiger partial charge on any atom is -0.376 e. The number of nitrogens with one attached hydrogen (secondary N) is 1. The molecule has 1 aromatic heterocycles. The fraction of sp³-hybridized carbons (Fsp3) is 0.375. The van der Waals surface area contributed by atoms with Crippen molar-refractivity contribution < 1.29 is 0 Å². The molecule has 0 aliphatic heterocycles. The molecule has 0 amide bonds. The molecule has 21 heavy (non-hydrogen) atoms. The quantitative estimate of drug-likeness (QED) is 0.841. The number of halogens is 1. The van der Waals surface area contributed by atoms with Crippen molar-refractivity contribution in [3.05, 3.63) is 40.8 Å². The Morgan fingerprint density at radius 1 is 1.19 bits per heavy atom. The predicted octanol–water partition coefficient (Wildman–Crippen LogP) is 4.20.